The van der Waals surface area contributed by atoms with Crippen molar-refractivity contribution in [3.63, 3.8) is 0 Å². The summed E-state index contributed by atoms with van der Waals surface area (Å²) in [5, 5.41) is 32.0. The molecular formula is C49H98N2O17P2. The van der Waals surface area contributed by atoms with Gasteiger partial charge in [0.25, 0.3) is 15.6 Å². The van der Waals surface area contributed by atoms with Crippen molar-refractivity contribution in [2.75, 3.05) is 67.3 Å². The minimum atomic E-state index is -5.12. The largest absolute Gasteiger partial charge is 0.756 e. The van der Waals surface area contributed by atoms with Crippen molar-refractivity contribution in [1.29, 1.82) is 0 Å². The molecule has 1 fully saturated rings. The van der Waals surface area contributed by atoms with E-state index in [1.165, 1.54) is 116 Å². The number of carbonyl (C=O) groups is 2. The molecule has 70 heavy (non-hydrogen) atoms. The molecule has 0 radical (unpaired) electrons. The summed E-state index contributed by atoms with van der Waals surface area (Å²) in [7, 11) is -4.25. The summed E-state index contributed by atoms with van der Waals surface area (Å²) in [5.74, 6) is -0.984. The number of aliphatic hydroxyl groups is 3. The Bertz CT molecular complexity index is 1410. The highest BCUT2D eigenvalue weighted by Gasteiger charge is 2.45. The maximum atomic E-state index is 13.0. The average molecular weight is 1050 g/mol. The van der Waals surface area contributed by atoms with Crippen LogP contribution in [-0.2, 0) is 55.8 Å². The quantitative estimate of drug-likeness (QED) is 0.0218. The maximum Gasteiger partial charge on any atom is 0.306 e. The molecule has 0 amide bonds. The van der Waals surface area contributed by atoms with Crippen LogP contribution in [0.25, 0.3) is 0 Å². The highest BCUT2D eigenvalue weighted by molar-refractivity contribution is 7.46. The molecule has 1 saturated heterocycles. The molecule has 6 N–H and O–H groups in total. The Hall–Kier alpha value is -1.12. The van der Waals surface area contributed by atoms with E-state index in [9.17, 15) is 43.8 Å². The predicted octanol–water partition coefficient (Wildman–Crippen LogP) is 6.55. The number of aliphatic hydroxyl groups excluding tert-OH is 3. The van der Waals surface area contributed by atoms with Crippen LogP contribution >= 0.6 is 15.6 Å². The molecule has 1 heterocycles. The van der Waals surface area contributed by atoms with Gasteiger partial charge in [-0.15, -0.1) is 0 Å². The third-order valence-electron chi connectivity index (χ3n) is 12.2. The Balaban J connectivity index is 2.68. The third-order valence-corrected chi connectivity index (χ3v) is 14.1. The predicted molar refractivity (Wildman–Crippen MR) is 263 cm³/mol. The molecule has 0 spiro atoms. The molecule has 21 heteroatoms. The number of esters is 2. The molecule has 0 saturated carbocycles. The highest BCUT2D eigenvalue weighted by atomic mass is 31.2. The van der Waals surface area contributed by atoms with Gasteiger partial charge in [-0.3, -0.25) is 18.7 Å². The summed E-state index contributed by atoms with van der Waals surface area (Å²) in [6.07, 6.45) is 20.7. The summed E-state index contributed by atoms with van der Waals surface area (Å²) in [4.78, 5) is 50.4. The van der Waals surface area contributed by atoms with Crippen LogP contribution in [-0.4, -0.2) is 142 Å². The standard InChI is InChI=1S/C49H98N2O17P2/c1-6-8-10-12-14-16-18-20-22-24-26-28-30-32-44(52)61-38-42(67-45(53)33-31-29-27-25-23-21-19-17-15-13-11-9-7-2)39-62-49-48(56)47(55)46(54)43(68-49)40-66-70(59,60)65-37-41(50)36-64-69(57,58)63-35-34-51(3,4)5/h41-43,46-49,54-56H,6-40,50H2,1-5H3,(H-,57,58,59,60). The molecular weight excluding hydrogens is 950 g/mol. The van der Waals surface area contributed by atoms with E-state index < -0.39 is 96.9 Å². The van der Waals surface area contributed by atoms with E-state index in [0.717, 1.165) is 38.5 Å². The monoisotopic (exact) mass is 1050 g/mol. The Morgan fingerprint density at radius 3 is 1.43 bits per heavy atom. The van der Waals surface area contributed by atoms with E-state index in [0.29, 0.717) is 23.9 Å². The molecule has 0 aromatic heterocycles. The number of rotatable bonds is 47. The Morgan fingerprint density at radius 2 is 0.986 bits per heavy atom. The number of nitrogens with zero attached hydrogens (tertiary/aromatic N) is 1. The van der Waals surface area contributed by atoms with Gasteiger partial charge in [-0.1, -0.05) is 168 Å². The summed E-state index contributed by atoms with van der Waals surface area (Å²) >= 11 is 0. The molecule has 1 aliphatic heterocycles. The van der Waals surface area contributed by atoms with Gasteiger partial charge in [0.1, 0.15) is 63.4 Å². The minimum Gasteiger partial charge on any atom is -0.756 e. The normalized spacial score (nSPS) is 21.2. The molecule has 0 aromatic carbocycles. The van der Waals surface area contributed by atoms with Gasteiger partial charge < -0.3 is 72.4 Å². The number of ether oxygens (including phenoxy) is 4. The fraction of sp³-hybridized carbons (Fsp3) is 0.959. The van der Waals surface area contributed by atoms with E-state index in [-0.39, 0.29) is 26.1 Å². The molecule has 9 unspecified atom stereocenters. The molecule has 416 valence electrons. The zero-order valence-corrected chi connectivity index (χ0v) is 45.7. The average Bonchev–Trinajstić information content (AvgIpc) is 3.30. The fourth-order valence-corrected chi connectivity index (χ4v) is 9.27. The first-order valence-electron chi connectivity index (χ1n) is 26.8. The lowest BCUT2D eigenvalue weighted by Crippen LogP contribution is -2.65. The van der Waals surface area contributed by atoms with Crippen LogP contribution in [0.15, 0.2) is 0 Å². The van der Waals surface area contributed by atoms with Gasteiger partial charge in [0, 0.05) is 12.8 Å². The van der Waals surface area contributed by atoms with Gasteiger partial charge in [-0.05, 0) is 12.8 Å². The zero-order chi connectivity index (χ0) is 52.1. The number of phosphoric ester groups is 2. The summed E-state index contributed by atoms with van der Waals surface area (Å²) in [5.41, 5.74) is 3.63. The summed E-state index contributed by atoms with van der Waals surface area (Å²) < 4.78 is 66.9. The van der Waals surface area contributed by atoms with Gasteiger partial charge in [-0.25, -0.2) is 0 Å². The lowest BCUT2D eigenvalue weighted by atomic mass is 9.99. The SMILES string of the molecule is CCCCCCCCCCCCCCCC(=O)OCC(COC1OC(COP(=O)([O-])OCC([NH3+])COP(=O)([O-])OCC[N+](C)(C)C)C(O)C(O)C1O)OC(=O)CCCCCCCCCCCCCCC. The number of quaternary nitrogens is 2. The molecule has 9 atom stereocenters. The molecule has 1 rings (SSSR count). The summed E-state index contributed by atoms with van der Waals surface area (Å²) in [6.45, 7) is 1.87. The van der Waals surface area contributed by atoms with E-state index in [1.54, 1.807) is 0 Å². The minimum absolute atomic E-state index is 0.124. The van der Waals surface area contributed by atoms with Crippen molar-refractivity contribution in [2.24, 2.45) is 0 Å². The second-order valence-electron chi connectivity index (χ2n) is 20.1. The number of hydrogen-bond donors (Lipinski definition) is 4. The molecule has 1 aliphatic rings. The smallest absolute Gasteiger partial charge is 0.306 e. The van der Waals surface area contributed by atoms with Crippen LogP contribution in [0.3, 0.4) is 0 Å². The lowest BCUT2D eigenvalue weighted by Gasteiger charge is -2.41. The number of carbonyl (C=O) groups excluding carboxylic acids is 2. The van der Waals surface area contributed by atoms with Crippen LogP contribution in [0.4, 0.5) is 0 Å². The summed E-state index contributed by atoms with van der Waals surface area (Å²) in [6, 6.07) is -0.990. The maximum absolute atomic E-state index is 13.0. The fourth-order valence-electron chi connectivity index (χ4n) is 7.69. The molecule has 0 aliphatic carbocycles. The van der Waals surface area contributed by atoms with Gasteiger partial charge in [0.15, 0.2) is 12.4 Å². The Morgan fingerprint density at radius 1 is 0.571 bits per heavy atom. The van der Waals surface area contributed by atoms with Crippen LogP contribution in [0.1, 0.15) is 194 Å². The van der Waals surface area contributed by atoms with Crippen LogP contribution in [0.5, 0.6) is 0 Å². The third kappa shape index (κ3) is 36.7. The lowest BCUT2D eigenvalue weighted by molar-refractivity contribution is -0.870. The zero-order valence-electron chi connectivity index (χ0n) is 43.9. The van der Waals surface area contributed by atoms with Crippen molar-refractivity contribution in [3.05, 3.63) is 0 Å². The first-order chi connectivity index (χ1) is 33.3. The van der Waals surface area contributed by atoms with Crippen LogP contribution in [0, 0.1) is 0 Å². The van der Waals surface area contributed by atoms with Crippen molar-refractivity contribution >= 4 is 27.6 Å². The van der Waals surface area contributed by atoms with Gasteiger partial charge in [0.05, 0.1) is 34.4 Å². The van der Waals surface area contributed by atoms with Crippen molar-refractivity contribution < 1.29 is 91.1 Å². The number of hydrogen-bond acceptors (Lipinski definition) is 17. The first kappa shape index (κ1) is 66.9. The van der Waals surface area contributed by atoms with Crippen molar-refractivity contribution in [2.45, 2.75) is 236 Å². The van der Waals surface area contributed by atoms with Crippen molar-refractivity contribution in [1.82, 2.24) is 0 Å². The Labute approximate surface area is 421 Å². The van der Waals surface area contributed by atoms with Gasteiger partial charge in [0.2, 0.25) is 0 Å². The van der Waals surface area contributed by atoms with Gasteiger partial charge >= 0.3 is 11.9 Å². The number of unbranched alkanes of at least 4 members (excludes halogenated alkanes) is 24. The first-order valence-corrected chi connectivity index (χ1v) is 29.7. The van der Waals surface area contributed by atoms with E-state index in [1.807, 2.05) is 21.1 Å². The number of phosphoric acid groups is 2. The van der Waals surface area contributed by atoms with Crippen molar-refractivity contribution in [3.8, 4) is 0 Å². The Kier molecular flexibility index (Phi) is 38.4. The second-order valence-corrected chi connectivity index (χ2v) is 22.9. The van der Waals surface area contributed by atoms with Gasteiger partial charge in [-0.2, -0.15) is 0 Å². The van der Waals surface area contributed by atoms with E-state index in [2.05, 4.69) is 19.6 Å². The van der Waals surface area contributed by atoms with E-state index >= 15 is 0 Å². The topological polar surface area (TPSA) is 277 Å². The van der Waals surface area contributed by atoms with Crippen LogP contribution < -0.4 is 15.5 Å². The molecule has 0 aromatic rings. The highest BCUT2D eigenvalue weighted by Crippen LogP contribution is 2.40. The second kappa shape index (κ2) is 40.2. The van der Waals surface area contributed by atoms with Crippen LogP contribution in [0.2, 0.25) is 0 Å². The molecule has 0 bridgehead atoms. The molecule has 19 nitrogen and oxygen atoms in total. The number of likely N-dealkylation sites (N-methyl/N-ethyl adjacent to an activating group) is 1. The van der Waals surface area contributed by atoms with E-state index in [4.69, 9.17) is 37.0 Å².